The molecule has 1 N–H and O–H groups in total. The summed E-state index contributed by atoms with van der Waals surface area (Å²) in [5.41, 5.74) is 0.556. The molecule has 0 fully saturated rings. The number of benzene rings is 1. The first-order valence-electron chi connectivity index (χ1n) is 6.02. The van der Waals surface area contributed by atoms with Crippen LogP contribution in [0.5, 0.6) is 0 Å². The van der Waals surface area contributed by atoms with Crippen molar-refractivity contribution in [1.82, 2.24) is 0 Å². The molecule has 0 aliphatic heterocycles. The molecule has 94 valence electrons. The molecule has 0 amide bonds. The molecule has 0 spiro atoms. The lowest BCUT2D eigenvalue weighted by atomic mass is 9.87. The minimum absolute atomic E-state index is 0.337. The lowest BCUT2D eigenvalue weighted by molar-refractivity contribution is -0.139. The molecule has 2 atom stereocenters. The van der Waals surface area contributed by atoms with Crippen LogP contribution in [0.2, 0.25) is 0 Å². The monoisotopic (exact) mass is 238 g/mol. The second-order valence-corrected chi connectivity index (χ2v) is 4.58. The van der Waals surface area contributed by atoms with Gasteiger partial charge in [-0.15, -0.1) is 0 Å². The maximum Gasteiger partial charge on any atom is 0.310 e. The Morgan fingerprint density at radius 1 is 1.47 bits per heavy atom. The fraction of sp³-hybridized carbons (Fsp3) is 0.500. The zero-order valence-corrected chi connectivity index (χ0v) is 10.3. The van der Waals surface area contributed by atoms with E-state index in [1.54, 1.807) is 12.1 Å². The fourth-order valence-corrected chi connectivity index (χ4v) is 2.12. The molecule has 0 aliphatic rings. The highest BCUT2D eigenvalue weighted by Gasteiger charge is 2.22. The number of hydrogen-bond acceptors (Lipinski definition) is 1. The number of carboxylic acids is 1. The van der Waals surface area contributed by atoms with Crippen molar-refractivity contribution in [2.75, 3.05) is 0 Å². The third-order valence-corrected chi connectivity index (χ3v) is 2.97. The van der Waals surface area contributed by atoms with Gasteiger partial charge in [0.05, 0.1) is 5.92 Å². The van der Waals surface area contributed by atoms with Crippen LogP contribution in [0, 0.1) is 11.7 Å². The predicted molar refractivity (Wildman–Crippen MR) is 65.5 cm³/mol. The largest absolute Gasteiger partial charge is 0.481 e. The molecule has 0 radical (unpaired) electrons. The van der Waals surface area contributed by atoms with Crippen molar-refractivity contribution in [3.8, 4) is 0 Å². The van der Waals surface area contributed by atoms with Crippen LogP contribution in [0.25, 0.3) is 0 Å². The first-order chi connectivity index (χ1) is 8.04. The van der Waals surface area contributed by atoms with Gasteiger partial charge in [-0.25, -0.2) is 4.39 Å². The molecular formula is C14H19FO2. The van der Waals surface area contributed by atoms with Gasteiger partial charge in [0.1, 0.15) is 5.82 Å². The SMILES string of the molecule is CCCC(C)CC(C(=O)O)c1cccc(F)c1. The van der Waals surface area contributed by atoms with Crippen LogP contribution in [-0.2, 0) is 4.79 Å². The zero-order valence-electron chi connectivity index (χ0n) is 10.3. The van der Waals surface area contributed by atoms with Crippen LogP contribution in [0.4, 0.5) is 4.39 Å². The van der Waals surface area contributed by atoms with Gasteiger partial charge in [-0.05, 0) is 30.0 Å². The van der Waals surface area contributed by atoms with Gasteiger partial charge >= 0.3 is 5.97 Å². The summed E-state index contributed by atoms with van der Waals surface area (Å²) < 4.78 is 13.1. The van der Waals surface area contributed by atoms with E-state index in [4.69, 9.17) is 0 Å². The predicted octanol–water partition coefficient (Wildman–Crippen LogP) is 3.82. The Morgan fingerprint density at radius 3 is 2.71 bits per heavy atom. The van der Waals surface area contributed by atoms with Gasteiger partial charge in [0, 0.05) is 0 Å². The number of carboxylic acid groups (broad SMARTS) is 1. The van der Waals surface area contributed by atoms with Crippen LogP contribution in [0.15, 0.2) is 24.3 Å². The summed E-state index contributed by atoms with van der Waals surface area (Å²) in [6, 6.07) is 5.89. The van der Waals surface area contributed by atoms with E-state index in [0.29, 0.717) is 17.9 Å². The minimum Gasteiger partial charge on any atom is -0.481 e. The van der Waals surface area contributed by atoms with Crippen molar-refractivity contribution < 1.29 is 14.3 Å². The molecule has 1 aromatic carbocycles. The molecule has 0 saturated carbocycles. The van der Waals surface area contributed by atoms with Crippen LogP contribution < -0.4 is 0 Å². The summed E-state index contributed by atoms with van der Waals surface area (Å²) in [5.74, 6) is -1.52. The molecule has 1 rings (SSSR count). The first-order valence-corrected chi connectivity index (χ1v) is 6.02. The van der Waals surface area contributed by atoms with Crippen molar-refractivity contribution in [3.63, 3.8) is 0 Å². The van der Waals surface area contributed by atoms with Crippen LogP contribution in [-0.4, -0.2) is 11.1 Å². The smallest absolute Gasteiger partial charge is 0.310 e. The van der Waals surface area contributed by atoms with Crippen molar-refractivity contribution in [1.29, 1.82) is 0 Å². The second kappa shape index (κ2) is 6.38. The molecule has 0 saturated heterocycles. The molecule has 0 bridgehead atoms. The molecule has 17 heavy (non-hydrogen) atoms. The molecular weight excluding hydrogens is 219 g/mol. The highest BCUT2D eigenvalue weighted by molar-refractivity contribution is 5.76. The Labute approximate surface area is 101 Å². The van der Waals surface area contributed by atoms with E-state index in [2.05, 4.69) is 6.92 Å². The molecule has 0 aliphatic carbocycles. The third kappa shape index (κ3) is 4.17. The van der Waals surface area contributed by atoms with E-state index in [9.17, 15) is 14.3 Å². The number of carbonyl (C=O) groups is 1. The van der Waals surface area contributed by atoms with Gasteiger partial charge in [0.15, 0.2) is 0 Å². The van der Waals surface area contributed by atoms with Gasteiger partial charge in [-0.3, -0.25) is 4.79 Å². The average Bonchev–Trinajstić information content (AvgIpc) is 2.26. The Hall–Kier alpha value is -1.38. The molecule has 3 heteroatoms. The molecule has 1 aromatic rings. The van der Waals surface area contributed by atoms with Gasteiger partial charge in [0.2, 0.25) is 0 Å². The lowest BCUT2D eigenvalue weighted by Crippen LogP contribution is -2.15. The molecule has 0 heterocycles. The van der Waals surface area contributed by atoms with E-state index in [1.807, 2.05) is 6.92 Å². The van der Waals surface area contributed by atoms with E-state index in [0.717, 1.165) is 12.8 Å². The van der Waals surface area contributed by atoms with E-state index in [1.165, 1.54) is 12.1 Å². The number of halogens is 1. The lowest BCUT2D eigenvalue weighted by Gasteiger charge is -2.17. The third-order valence-electron chi connectivity index (χ3n) is 2.97. The van der Waals surface area contributed by atoms with Gasteiger partial charge < -0.3 is 5.11 Å². The second-order valence-electron chi connectivity index (χ2n) is 4.58. The Bertz CT molecular complexity index is 376. The Kier molecular flexibility index (Phi) is 5.13. The van der Waals surface area contributed by atoms with E-state index >= 15 is 0 Å². The fourth-order valence-electron chi connectivity index (χ4n) is 2.12. The van der Waals surface area contributed by atoms with Crippen molar-refractivity contribution >= 4 is 5.97 Å². The maximum atomic E-state index is 13.1. The Morgan fingerprint density at radius 2 is 2.18 bits per heavy atom. The minimum atomic E-state index is -0.876. The number of rotatable bonds is 6. The molecule has 0 aromatic heterocycles. The summed E-state index contributed by atoms with van der Waals surface area (Å²) in [4.78, 5) is 11.2. The zero-order chi connectivity index (χ0) is 12.8. The summed E-state index contributed by atoms with van der Waals surface area (Å²) >= 11 is 0. The number of aliphatic carboxylic acids is 1. The quantitative estimate of drug-likeness (QED) is 0.818. The van der Waals surface area contributed by atoms with Crippen LogP contribution >= 0.6 is 0 Å². The summed E-state index contributed by atoms with van der Waals surface area (Å²) in [7, 11) is 0. The van der Waals surface area contributed by atoms with Crippen LogP contribution in [0.1, 0.15) is 44.6 Å². The number of hydrogen-bond donors (Lipinski definition) is 1. The summed E-state index contributed by atoms with van der Waals surface area (Å²) in [6.07, 6.45) is 2.60. The summed E-state index contributed by atoms with van der Waals surface area (Å²) in [6.45, 7) is 4.12. The van der Waals surface area contributed by atoms with Crippen LogP contribution in [0.3, 0.4) is 0 Å². The van der Waals surface area contributed by atoms with Gasteiger partial charge in [-0.1, -0.05) is 38.8 Å². The van der Waals surface area contributed by atoms with Crippen molar-refractivity contribution in [2.24, 2.45) is 5.92 Å². The van der Waals surface area contributed by atoms with Crippen molar-refractivity contribution in [3.05, 3.63) is 35.6 Å². The summed E-state index contributed by atoms with van der Waals surface area (Å²) in [5, 5.41) is 9.21. The normalized spacial score (nSPS) is 14.3. The molecule has 2 nitrogen and oxygen atoms in total. The van der Waals surface area contributed by atoms with Crippen molar-refractivity contribution in [2.45, 2.75) is 39.0 Å². The molecule has 2 unspecified atom stereocenters. The highest BCUT2D eigenvalue weighted by Crippen LogP contribution is 2.26. The van der Waals surface area contributed by atoms with Gasteiger partial charge in [-0.2, -0.15) is 0 Å². The Balaban J connectivity index is 2.82. The first kappa shape index (κ1) is 13.7. The van der Waals surface area contributed by atoms with Gasteiger partial charge in [0.25, 0.3) is 0 Å². The highest BCUT2D eigenvalue weighted by atomic mass is 19.1. The standard InChI is InChI=1S/C14H19FO2/c1-3-5-10(2)8-13(14(16)17)11-6-4-7-12(15)9-11/h4,6-7,9-10,13H,3,5,8H2,1-2H3,(H,16,17). The topological polar surface area (TPSA) is 37.3 Å². The van der Waals surface area contributed by atoms with E-state index < -0.39 is 11.9 Å². The maximum absolute atomic E-state index is 13.1. The average molecular weight is 238 g/mol. The van der Waals surface area contributed by atoms with E-state index in [-0.39, 0.29) is 5.82 Å².